The summed E-state index contributed by atoms with van der Waals surface area (Å²) in [6, 6.07) is 13.8. The highest BCUT2D eigenvalue weighted by atomic mass is 32.1. The van der Waals surface area contributed by atoms with Crippen LogP contribution in [-0.4, -0.2) is 49.1 Å². The molecule has 142 valence electrons. The van der Waals surface area contributed by atoms with Crippen molar-refractivity contribution in [1.82, 2.24) is 10.2 Å². The summed E-state index contributed by atoms with van der Waals surface area (Å²) in [6.45, 7) is 8.24. The molecule has 0 bridgehead atoms. The van der Waals surface area contributed by atoms with Crippen molar-refractivity contribution in [1.29, 1.82) is 0 Å². The van der Waals surface area contributed by atoms with E-state index in [0.717, 1.165) is 43.0 Å². The molecule has 0 radical (unpaired) electrons. The molecule has 0 saturated carbocycles. The average molecular weight is 383 g/mol. The number of carbonyl (C=O) groups is 1. The highest BCUT2D eigenvalue weighted by Crippen LogP contribution is 2.19. The lowest BCUT2D eigenvalue weighted by Gasteiger charge is -2.34. The second kappa shape index (κ2) is 8.50. The van der Waals surface area contributed by atoms with Crippen LogP contribution in [0.5, 0.6) is 0 Å². The van der Waals surface area contributed by atoms with Gasteiger partial charge in [-0.05, 0) is 80.6 Å². The third-order valence-corrected chi connectivity index (χ3v) is 5.19. The maximum atomic E-state index is 12.3. The van der Waals surface area contributed by atoms with Gasteiger partial charge in [-0.15, -0.1) is 0 Å². The van der Waals surface area contributed by atoms with Gasteiger partial charge in [0.1, 0.15) is 0 Å². The predicted octanol–water partition coefficient (Wildman–Crippen LogP) is 3.18. The van der Waals surface area contributed by atoms with Crippen molar-refractivity contribution >= 4 is 34.6 Å². The van der Waals surface area contributed by atoms with Crippen LogP contribution in [0, 0.1) is 13.8 Å². The fourth-order valence-electron chi connectivity index (χ4n) is 3.04. The summed E-state index contributed by atoms with van der Waals surface area (Å²) >= 11 is 5.28. The quantitative estimate of drug-likeness (QED) is 0.799. The molecule has 2 aromatic rings. The van der Waals surface area contributed by atoms with Gasteiger partial charge in [-0.25, -0.2) is 0 Å². The van der Waals surface area contributed by atoms with E-state index in [9.17, 15) is 4.79 Å². The Labute approximate surface area is 166 Å². The number of piperazine rings is 1. The smallest absolute Gasteiger partial charge is 0.257 e. The lowest BCUT2D eigenvalue weighted by Crippen LogP contribution is -2.44. The predicted molar refractivity (Wildman–Crippen MR) is 116 cm³/mol. The van der Waals surface area contributed by atoms with E-state index in [4.69, 9.17) is 12.2 Å². The Balaban J connectivity index is 1.56. The molecule has 0 atom stereocenters. The minimum Gasteiger partial charge on any atom is -0.369 e. The highest BCUT2D eigenvalue weighted by molar-refractivity contribution is 7.80. The lowest BCUT2D eigenvalue weighted by molar-refractivity contribution is 0.0977. The van der Waals surface area contributed by atoms with Gasteiger partial charge in [-0.2, -0.15) is 0 Å². The Morgan fingerprint density at radius 3 is 2.26 bits per heavy atom. The number of nitrogens with zero attached hydrogens (tertiary/aromatic N) is 2. The normalized spacial score (nSPS) is 14.7. The van der Waals surface area contributed by atoms with Gasteiger partial charge in [0.05, 0.1) is 0 Å². The molecule has 0 unspecified atom stereocenters. The van der Waals surface area contributed by atoms with E-state index in [-0.39, 0.29) is 5.91 Å². The fraction of sp³-hybridized carbons (Fsp3) is 0.333. The number of amides is 1. The summed E-state index contributed by atoms with van der Waals surface area (Å²) in [5, 5.41) is 6.12. The van der Waals surface area contributed by atoms with Crippen molar-refractivity contribution in [3.8, 4) is 0 Å². The standard InChI is InChI=1S/C21H26N4OS/c1-15-4-5-17(14-16(15)2)20(26)23-21(27)22-18-6-8-19(9-7-18)25-12-10-24(3)11-13-25/h4-9,14H,10-13H2,1-3H3,(H2,22,23,26,27). The van der Waals surface area contributed by atoms with Crippen LogP contribution in [0.3, 0.4) is 0 Å². The van der Waals surface area contributed by atoms with E-state index >= 15 is 0 Å². The summed E-state index contributed by atoms with van der Waals surface area (Å²) in [4.78, 5) is 17.1. The minimum atomic E-state index is -0.204. The van der Waals surface area contributed by atoms with Gasteiger partial charge in [-0.3, -0.25) is 10.1 Å². The van der Waals surface area contributed by atoms with Gasteiger partial charge < -0.3 is 15.1 Å². The molecule has 2 aromatic carbocycles. The first kappa shape index (κ1) is 19.3. The Hall–Kier alpha value is -2.44. The first-order chi connectivity index (χ1) is 12.9. The lowest BCUT2D eigenvalue weighted by atomic mass is 10.1. The molecule has 6 heteroatoms. The van der Waals surface area contributed by atoms with Crippen LogP contribution in [0.4, 0.5) is 11.4 Å². The van der Waals surface area contributed by atoms with Crippen LogP contribution in [0.1, 0.15) is 21.5 Å². The minimum absolute atomic E-state index is 0.204. The van der Waals surface area contributed by atoms with Crippen molar-refractivity contribution in [2.24, 2.45) is 0 Å². The van der Waals surface area contributed by atoms with Crippen LogP contribution in [0.15, 0.2) is 42.5 Å². The first-order valence-electron chi connectivity index (χ1n) is 9.15. The number of anilines is 2. The summed E-state index contributed by atoms with van der Waals surface area (Å²) < 4.78 is 0. The number of benzene rings is 2. The van der Waals surface area contributed by atoms with Gasteiger partial charge in [0.15, 0.2) is 5.11 Å². The molecular weight excluding hydrogens is 356 g/mol. The zero-order chi connectivity index (χ0) is 19.4. The molecule has 27 heavy (non-hydrogen) atoms. The number of carbonyl (C=O) groups excluding carboxylic acids is 1. The molecule has 5 nitrogen and oxygen atoms in total. The molecule has 1 fully saturated rings. The maximum Gasteiger partial charge on any atom is 0.257 e. The number of thiocarbonyl (C=S) groups is 1. The molecular formula is C21H26N4OS. The Kier molecular flexibility index (Phi) is 6.08. The molecule has 1 aliphatic rings. The van der Waals surface area contributed by atoms with E-state index < -0.39 is 0 Å². The van der Waals surface area contributed by atoms with E-state index in [1.165, 1.54) is 5.69 Å². The fourth-order valence-corrected chi connectivity index (χ4v) is 3.25. The van der Waals surface area contributed by atoms with Crippen LogP contribution in [0.2, 0.25) is 0 Å². The average Bonchev–Trinajstić information content (AvgIpc) is 2.65. The molecule has 1 heterocycles. The van der Waals surface area contributed by atoms with Crippen LogP contribution in [0.25, 0.3) is 0 Å². The van der Waals surface area contributed by atoms with Gasteiger partial charge in [0.2, 0.25) is 0 Å². The third-order valence-electron chi connectivity index (χ3n) is 4.99. The van der Waals surface area contributed by atoms with Gasteiger partial charge >= 0.3 is 0 Å². The van der Waals surface area contributed by atoms with Crippen LogP contribution < -0.4 is 15.5 Å². The summed E-state index contributed by atoms with van der Waals surface area (Å²) in [5.74, 6) is -0.204. The van der Waals surface area contributed by atoms with Crippen molar-refractivity contribution in [3.63, 3.8) is 0 Å². The molecule has 0 aromatic heterocycles. The molecule has 3 rings (SSSR count). The molecule has 0 spiro atoms. The summed E-state index contributed by atoms with van der Waals surface area (Å²) in [5.41, 5.74) is 4.92. The Bertz CT molecular complexity index is 827. The number of rotatable bonds is 3. The zero-order valence-corrected chi connectivity index (χ0v) is 16.9. The van der Waals surface area contributed by atoms with Gasteiger partial charge in [0.25, 0.3) is 5.91 Å². The molecule has 1 aliphatic heterocycles. The number of likely N-dealkylation sites (N-methyl/N-ethyl adjacent to an activating group) is 1. The number of nitrogens with one attached hydrogen (secondary N) is 2. The first-order valence-corrected chi connectivity index (χ1v) is 9.56. The van der Waals surface area contributed by atoms with E-state index in [1.807, 2.05) is 44.2 Å². The van der Waals surface area contributed by atoms with Crippen molar-refractivity contribution in [2.75, 3.05) is 43.4 Å². The topological polar surface area (TPSA) is 47.6 Å². The second-order valence-corrected chi connectivity index (χ2v) is 7.45. The molecule has 0 aliphatic carbocycles. The van der Waals surface area contributed by atoms with Gasteiger partial charge in [-0.1, -0.05) is 6.07 Å². The van der Waals surface area contributed by atoms with E-state index in [1.54, 1.807) is 0 Å². The monoisotopic (exact) mass is 382 g/mol. The molecule has 2 N–H and O–H groups in total. The van der Waals surface area contributed by atoms with Crippen LogP contribution >= 0.6 is 12.2 Å². The van der Waals surface area contributed by atoms with Crippen molar-refractivity contribution in [2.45, 2.75) is 13.8 Å². The Morgan fingerprint density at radius 1 is 0.963 bits per heavy atom. The largest absolute Gasteiger partial charge is 0.369 e. The van der Waals surface area contributed by atoms with Gasteiger partial charge in [0, 0.05) is 43.1 Å². The van der Waals surface area contributed by atoms with Crippen LogP contribution in [-0.2, 0) is 0 Å². The highest BCUT2D eigenvalue weighted by Gasteiger charge is 2.14. The van der Waals surface area contributed by atoms with E-state index in [0.29, 0.717) is 10.7 Å². The number of hydrogen-bond acceptors (Lipinski definition) is 4. The zero-order valence-electron chi connectivity index (χ0n) is 16.1. The number of hydrogen-bond donors (Lipinski definition) is 2. The SMILES string of the molecule is Cc1ccc(C(=O)NC(=S)Nc2ccc(N3CCN(C)CC3)cc2)cc1C. The Morgan fingerprint density at radius 2 is 1.63 bits per heavy atom. The third kappa shape index (κ3) is 5.05. The molecule has 1 saturated heterocycles. The van der Waals surface area contributed by atoms with E-state index in [2.05, 4.69) is 39.6 Å². The molecule has 1 amide bonds. The summed E-state index contributed by atoms with van der Waals surface area (Å²) in [6.07, 6.45) is 0. The van der Waals surface area contributed by atoms with Crippen molar-refractivity contribution in [3.05, 3.63) is 59.2 Å². The number of aryl methyl sites for hydroxylation is 2. The van der Waals surface area contributed by atoms with Crippen molar-refractivity contribution < 1.29 is 4.79 Å². The maximum absolute atomic E-state index is 12.3. The second-order valence-electron chi connectivity index (χ2n) is 7.04. The summed E-state index contributed by atoms with van der Waals surface area (Å²) in [7, 11) is 2.15.